The normalized spacial score (nSPS) is 11.3. The molecule has 4 N–H and O–H groups in total. The average Bonchev–Trinajstić information content (AvgIpc) is 2.88. The van der Waals surface area contributed by atoms with Crippen LogP contribution in [0.5, 0.6) is 23.0 Å². The number of nitrogens with one attached hydrogen (secondary N) is 2. The first-order valence-corrected chi connectivity index (χ1v) is 12.5. The van der Waals surface area contributed by atoms with Crippen molar-refractivity contribution in [2.45, 2.75) is 0 Å². The van der Waals surface area contributed by atoms with Crippen molar-refractivity contribution in [3.05, 3.63) is 66.8 Å². The van der Waals surface area contributed by atoms with Gasteiger partial charge in [0.25, 0.3) is 0 Å². The Morgan fingerprint density at radius 1 is 0.750 bits per heavy atom. The Kier molecular flexibility index (Phi) is 8.25. The number of fused-ring (bicyclic) bond motifs is 1. The molecule has 0 aliphatic carbocycles. The van der Waals surface area contributed by atoms with Gasteiger partial charge in [-0.15, -0.1) is 10.2 Å². The van der Waals surface area contributed by atoms with Crippen LogP contribution < -0.4 is 20.3 Å². The molecule has 0 spiro atoms. The predicted molar refractivity (Wildman–Crippen MR) is 157 cm³/mol. The van der Waals surface area contributed by atoms with Crippen molar-refractivity contribution in [2.24, 2.45) is 10.2 Å². The van der Waals surface area contributed by atoms with Gasteiger partial charge in [0.05, 0.1) is 33.8 Å². The van der Waals surface area contributed by atoms with Crippen molar-refractivity contribution >= 4 is 80.0 Å². The number of methoxy groups -OCH3 is 2. The minimum atomic E-state index is 0.0881. The van der Waals surface area contributed by atoms with Crippen LogP contribution in [0.2, 0.25) is 0 Å². The minimum absolute atomic E-state index is 0.0881. The molecule has 0 atom stereocenters. The van der Waals surface area contributed by atoms with E-state index in [0.29, 0.717) is 30.3 Å². The van der Waals surface area contributed by atoms with E-state index in [4.69, 9.17) is 9.47 Å². The van der Waals surface area contributed by atoms with E-state index in [-0.39, 0.29) is 11.5 Å². The molecule has 0 bridgehead atoms. The van der Waals surface area contributed by atoms with Gasteiger partial charge in [0, 0.05) is 10.8 Å². The number of anilines is 2. The van der Waals surface area contributed by atoms with Crippen LogP contribution in [-0.4, -0.2) is 47.1 Å². The second-order valence-corrected chi connectivity index (χ2v) is 9.61. The quantitative estimate of drug-likeness (QED) is 0.112. The SMILES string of the molecule is COc1cc(/C=N\Nc2nnc(N/N=C/c3cc(I)c(O)c(OC)c3)c3ccccc23)cc(I)c1O. The number of hydrazone groups is 2. The highest BCUT2D eigenvalue weighted by atomic mass is 127. The number of phenols is 2. The number of halogens is 2. The van der Waals surface area contributed by atoms with Crippen molar-refractivity contribution in [1.29, 1.82) is 0 Å². The van der Waals surface area contributed by atoms with Crippen molar-refractivity contribution in [1.82, 2.24) is 10.2 Å². The Morgan fingerprint density at radius 2 is 1.17 bits per heavy atom. The van der Waals surface area contributed by atoms with Gasteiger partial charge in [0.2, 0.25) is 0 Å². The van der Waals surface area contributed by atoms with E-state index in [9.17, 15) is 10.2 Å². The van der Waals surface area contributed by atoms with Crippen molar-refractivity contribution in [3.63, 3.8) is 0 Å². The summed E-state index contributed by atoms with van der Waals surface area (Å²) in [5, 5.41) is 38.6. The number of phenolic OH excluding ortho intramolecular Hbond substituents is 2. The van der Waals surface area contributed by atoms with Gasteiger partial charge in [-0.1, -0.05) is 24.3 Å². The summed E-state index contributed by atoms with van der Waals surface area (Å²) in [6.45, 7) is 0. The number of rotatable bonds is 8. The number of ether oxygens (including phenoxy) is 2. The van der Waals surface area contributed by atoms with Gasteiger partial charge in [0.15, 0.2) is 34.6 Å². The Bertz CT molecular complexity index is 1370. The van der Waals surface area contributed by atoms with Crippen LogP contribution in [0, 0.1) is 7.14 Å². The third-order valence-electron chi connectivity index (χ3n) is 5.00. The standard InChI is InChI=1S/C24H20I2N6O4/c1-35-19-9-13(7-17(25)21(19)33)11-27-29-23-15-5-3-4-6-16(15)24(32-31-23)30-28-12-14-8-18(26)22(34)20(10-14)36-2/h3-12,33-34H,1-2H3,(H,29,31)(H,30,32)/b27-11-,28-12+. The fourth-order valence-corrected chi connectivity index (χ4v) is 4.50. The molecule has 10 nitrogen and oxygen atoms in total. The maximum atomic E-state index is 10.0. The van der Waals surface area contributed by atoms with Gasteiger partial charge < -0.3 is 19.7 Å². The Labute approximate surface area is 233 Å². The lowest BCUT2D eigenvalue weighted by atomic mass is 10.2. The van der Waals surface area contributed by atoms with E-state index < -0.39 is 0 Å². The fourth-order valence-electron chi connectivity index (χ4n) is 3.25. The lowest BCUT2D eigenvalue weighted by Gasteiger charge is -2.09. The highest BCUT2D eigenvalue weighted by molar-refractivity contribution is 14.1. The van der Waals surface area contributed by atoms with Crippen molar-refractivity contribution in [3.8, 4) is 23.0 Å². The van der Waals surface area contributed by atoms with Crippen LogP contribution >= 0.6 is 45.2 Å². The number of hydrogen-bond donors (Lipinski definition) is 4. The number of benzene rings is 3. The molecule has 0 aliphatic heterocycles. The van der Waals surface area contributed by atoms with Crippen LogP contribution in [0.1, 0.15) is 11.1 Å². The van der Waals surface area contributed by atoms with Gasteiger partial charge in [0.1, 0.15) is 0 Å². The van der Waals surface area contributed by atoms with E-state index >= 15 is 0 Å². The molecule has 4 aromatic rings. The van der Waals surface area contributed by atoms with E-state index in [0.717, 1.165) is 21.9 Å². The molecule has 1 aromatic heterocycles. The number of hydrogen-bond acceptors (Lipinski definition) is 10. The van der Waals surface area contributed by atoms with Gasteiger partial charge in [-0.05, 0) is 80.6 Å². The summed E-state index contributed by atoms with van der Waals surface area (Å²) < 4.78 is 11.7. The zero-order valence-corrected chi connectivity index (χ0v) is 23.3. The molecular formula is C24H20I2N6O4. The summed E-state index contributed by atoms with van der Waals surface area (Å²) >= 11 is 4.06. The monoisotopic (exact) mass is 710 g/mol. The average molecular weight is 710 g/mol. The fraction of sp³-hybridized carbons (Fsp3) is 0.0833. The zero-order chi connectivity index (χ0) is 25.7. The van der Waals surface area contributed by atoms with Crippen LogP contribution in [0.4, 0.5) is 11.6 Å². The Balaban J connectivity index is 1.54. The Morgan fingerprint density at radius 3 is 1.56 bits per heavy atom. The molecule has 3 aromatic carbocycles. The molecule has 0 saturated carbocycles. The summed E-state index contributed by atoms with van der Waals surface area (Å²) in [6, 6.07) is 14.5. The molecule has 1 heterocycles. The molecule has 0 unspecified atom stereocenters. The van der Waals surface area contributed by atoms with E-state index in [1.165, 1.54) is 14.2 Å². The zero-order valence-electron chi connectivity index (χ0n) is 19.0. The molecule has 36 heavy (non-hydrogen) atoms. The first kappa shape index (κ1) is 25.7. The summed E-state index contributed by atoms with van der Waals surface area (Å²) in [6.07, 6.45) is 3.20. The third-order valence-corrected chi connectivity index (χ3v) is 6.64. The van der Waals surface area contributed by atoms with Crippen LogP contribution in [0.15, 0.2) is 58.7 Å². The van der Waals surface area contributed by atoms with Crippen LogP contribution in [0.25, 0.3) is 10.8 Å². The maximum Gasteiger partial charge on any atom is 0.176 e. The number of nitrogens with zero attached hydrogens (tertiary/aromatic N) is 4. The molecular weight excluding hydrogens is 690 g/mol. The second-order valence-electron chi connectivity index (χ2n) is 7.29. The highest BCUT2D eigenvalue weighted by Crippen LogP contribution is 2.33. The molecule has 184 valence electrons. The van der Waals surface area contributed by atoms with E-state index in [1.54, 1.807) is 36.7 Å². The largest absolute Gasteiger partial charge is 0.504 e. The molecule has 12 heteroatoms. The van der Waals surface area contributed by atoms with Gasteiger partial charge in [-0.3, -0.25) is 10.9 Å². The van der Waals surface area contributed by atoms with Gasteiger partial charge in [-0.25, -0.2) is 0 Å². The number of aromatic nitrogens is 2. The molecule has 4 rings (SSSR count). The van der Waals surface area contributed by atoms with E-state index in [1.807, 2.05) is 69.4 Å². The van der Waals surface area contributed by atoms with Crippen LogP contribution in [0.3, 0.4) is 0 Å². The lowest BCUT2D eigenvalue weighted by Crippen LogP contribution is -2.02. The molecule has 0 fully saturated rings. The first-order valence-electron chi connectivity index (χ1n) is 10.4. The number of aromatic hydroxyl groups is 2. The Hall–Kier alpha value is -3.40. The molecule has 0 radical (unpaired) electrons. The van der Waals surface area contributed by atoms with Crippen molar-refractivity contribution < 1.29 is 19.7 Å². The molecule has 0 aliphatic rings. The third kappa shape index (κ3) is 5.70. The lowest BCUT2D eigenvalue weighted by molar-refractivity contribution is 0.371. The predicted octanol–water partition coefficient (Wildman–Crippen LogP) is 5.16. The molecule has 0 saturated heterocycles. The molecule has 0 amide bonds. The summed E-state index contributed by atoms with van der Waals surface area (Å²) in [4.78, 5) is 0. The second kappa shape index (κ2) is 11.6. The first-order chi connectivity index (χ1) is 17.4. The summed E-state index contributed by atoms with van der Waals surface area (Å²) in [7, 11) is 2.99. The topological polar surface area (TPSA) is 133 Å². The smallest absolute Gasteiger partial charge is 0.176 e. The summed E-state index contributed by atoms with van der Waals surface area (Å²) in [5.41, 5.74) is 7.34. The maximum absolute atomic E-state index is 10.0. The van der Waals surface area contributed by atoms with Gasteiger partial charge in [-0.2, -0.15) is 10.2 Å². The van der Waals surface area contributed by atoms with Gasteiger partial charge >= 0.3 is 0 Å². The van der Waals surface area contributed by atoms with Crippen LogP contribution in [-0.2, 0) is 0 Å². The minimum Gasteiger partial charge on any atom is -0.504 e. The van der Waals surface area contributed by atoms with E-state index in [2.05, 4.69) is 31.3 Å². The summed E-state index contributed by atoms with van der Waals surface area (Å²) in [5.74, 6) is 1.84. The van der Waals surface area contributed by atoms with Crippen molar-refractivity contribution in [2.75, 3.05) is 25.1 Å². The highest BCUT2D eigenvalue weighted by Gasteiger charge is 2.10.